The number of quaternary nitrogens is 1. The molecule has 3 rings (SSSR count). The molecule has 0 saturated heterocycles. The Morgan fingerprint density at radius 2 is 1.82 bits per heavy atom. The van der Waals surface area contributed by atoms with Crippen LogP contribution in [0.5, 0.6) is 0 Å². The van der Waals surface area contributed by atoms with Gasteiger partial charge in [-0.05, 0) is 44.0 Å². The number of ether oxygens (including phenoxy) is 1. The summed E-state index contributed by atoms with van der Waals surface area (Å²) in [6.07, 6.45) is 1.49. The molecule has 1 aromatic heterocycles. The number of likely N-dealkylation sites (N-methyl/N-ethyl adjacent to an activating group) is 1. The molecule has 0 spiro atoms. The van der Waals surface area contributed by atoms with Gasteiger partial charge < -0.3 is 15.0 Å². The van der Waals surface area contributed by atoms with Crippen molar-refractivity contribution in [3.05, 3.63) is 55.7 Å². The number of halogens is 1. The molecule has 178 valence electrons. The predicted octanol–water partition coefficient (Wildman–Crippen LogP) is 4.09. The zero-order chi connectivity index (χ0) is 24.4. The minimum Gasteiger partial charge on any atom is -0.460 e. The van der Waals surface area contributed by atoms with Crippen LogP contribution in [0.1, 0.15) is 58.4 Å². The molecule has 0 radical (unpaired) electrons. The van der Waals surface area contributed by atoms with Crippen LogP contribution in [0.2, 0.25) is 5.02 Å². The number of benzene rings is 1. The Morgan fingerprint density at radius 1 is 1.15 bits per heavy atom. The number of amides is 1. The molecule has 0 saturated carbocycles. The van der Waals surface area contributed by atoms with Gasteiger partial charge in [0.15, 0.2) is 0 Å². The van der Waals surface area contributed by atoms with Crippen molar-refractivity contribution in [3.63, 3.8) is 0 Å². The number of Topliss-reactive ketones (excluding diaryl/α,β-unsaturated/α-hetero) is 1. The number of hydrogen-bond acceptors (Lipinski definition) is 5. The zero-order valence-electron chi connectivity index (χ0n) is 19.7. The Balaban J connectivity index is 1.71. The number of ketones is 1. The van der Waals surface area contributed by atoms with Crippen LogP contribution in [0.25, 0.3) is 0 Å². The summed E-state index contributed by atoms with van der Waals surface area (Å²) < 4.78 is 6.13. The van der Waals surface area contributed by atoms with E-state index >= 15 is 0 Å². The molecule has 8 heteroatoms. The topological polar surface area (TPSA) is 86.5 Å². The van der Waals surface area contributed by atoms with Gasteiger partial charge in [0.25, 0.3) is 0 Å². The highest BCUT2D eigenvalue weighted by atomic mass is 35.5. The van der Waals surface area contributed by atoms with Crippen LogP contribution in [0, 0.1) is 0 Å². The second kappa shape index (κ2) is 9.95. The molecule has 0 bridgehead atoms. The number of esters is 1. The maximum atomic E-state index is 12.7. The number of fused-ring (bicyclic) bond motifs is 1. The number of hydrogen-bond donors (Lipinski definition) is 1. The van der Waals surface area contributed by atoms with Crippen LogP contribution in [0.3, 0.4) is 0 Å². The largest absolute Gasteiger partial charge is 0.460 e. The summed E-state index contributed by atoms with van der Waals surface area (Å²) in [5.74, 6) is -0.655. The summed E-state index contributed by atoms with van der Waals surface area (Å²) in [6.45, 7) is 7.74. The summed E-state index contributed by atoms with van der Waals surface area (Å²) in [5.41, 5.74) is 7.60. The lowest BCUT2D eigenvalue weighted by atomic mass is 9.97. The Hall–Kier alpha value is -2.22. The van der Waals surface area contributed by atoms with Crippen molar-refractivity contribution in [2.24, 2.45) is 5.73 Å². The Labute approximate surface area is 204 Å². The molecule has 33 heavy (non-hydrogen) atoms. The summed E-state index contributed by atoms with van der Waals surface area (Å²) in [4.78, 5) is 39.0. The molecule has 0 aliphatic carbocycles. The van der Waals surface area contributed by atoms with Gasteiger partial charge >= 0.3 is 5.97 Å². The summed E-state index contributed by atoms with van der Waals surface area (Å²) in [7, 11) is 2.11. The lowest BCUT2D eigenvalue weighted by molar-refractivity contribution is -0.923. The molecule has 0 fully saturated rings. The summed E-state index contributed by atoms with van der Waals surface area (Å²) in [6, 6.07) is 7.20. The van der Waals surface area contributed by atoms with E-state index in [9.17, 15) is 14.4 Å². The highest BCUT2D eigenvalue weighted by Crippen LogP contribution is 2.36. The number of nitrogens with two attached hydrogens (primary N) is 1. The van der Waals surface area contributed by atoms with Crippen molar-refractivity contribution < 1.29 is 23.6 Å². The van der Waals surface area contributed by atoms with Gasteiger partial charge in [-0.25, -0.2) is 0 Å². The van der Waals surface area contributed by atoms with E-state index in [0.29, 0.717) is 41.0 Å². The highest BCUT2D eigenvalue weighted by Gasteiger charge is 2.35. The van der Waals surface area contributed by atoms with Crippen LogP contribution in [-0.2, 0) is 40.1 Å². The van der Waals surface area contributed by atoms with Gasteiger partial charge in [0.05, 0.1) is 37.0 Å². The molecular weight excluding hydrogens is 460 g/mol. The first-order chi connectivity index (χ1) is 15.3. The van der Waals surface area contributed by atoms with E-state index in [4.69, 9.17) is 22.1 Å². The summed E-state index contributed by atoms with van der Waals surface area (Å²) in [5, 5.41) is 0.626. The molecule has 1 atom stereocenters. The Bertz CT molecular complexity index is 1060. The van der Waals surface area contributed by atoms with Gasteiger partial charge in [-0.15, -0.1) is 11.3 Å². The lowest BCUT2D eigenvalue weighted by Crippen LogP contribution is -2.48. The van der Waals surface area contributed by atoms with Crippen LogP contribution in [0.4, 0.5) is 0 Å². The average Bonchev–Trinajstić information content (AvgIpc) is 3.03. The van der Waals surface area contributed by atoms with Crippen molar-refractivity contribution in [1.29, 1.82) is 0 Å². The molecule has 2 N–H and O–H groups in total. The fourth-order valence-electron chi connectivity index (χ4n) is 4.20. The van der Waals surface area contributed by atoms with Crippen LogP contribution >= 0.6 is 22.9 Å². The Morgan fingerprint density at radius 3 is 2.42 bits per heavy atom. The van der Waals surface area contributed by atoms with Crippen molar-refractivity contribution in [2.75, 3.05) is 20.1 Å². The summed E-state index contributed by atoms with van der Waals surface area (Å²) >= 11 is 7.42. The second-order valence-corrected chi connectivity index (χ2v) is 11.6. The van der Waals surface area contributed by atoms with E-state index in [1.54, 1.807) is 12.1 Å². The van der Waals surface area contributed by atoms with Crippen LogP contribution < -0.4 is 5.73 Å². The molecule has 1 aromatic carbocycles. The number of nitrogens with zero attached hydrogens (tertiary/aromatic N) is 1. The van der Waals surface area contributed by atoms with Crippen molar-refractivity contribution in [1.82, 2.24) is 0 Å². The SMILES string of the molecule is CC(C)(C)OC(=O)CC[N+]1(C)CCc2c(sc(CC(=O)Cc3ccc(Cl)cc3)c2C(N)=O)C1. The fourth-order valence-corrected chi connectivity index (χ4v) is 5.88. The van der Waals surface area contributed by atoms with Crippen LogP contribution in [0.15, 0.2) is 24.3 Å². The molecule has 1 unspecified atom stereocenters. The van der Waals surface area contributed by atoms with E-state index in [1.165, 1.54) is 11.3 Å². The maximum absolute atomic E-state index is 12.7. The molecule has 2 heterocycles. The third-order valence-electron chi connectivity index (χ3n) is 5.79. The average molecular weight is 492 g/mol. The highest BCUT2D eigenvalue weighted by molar-refractivity contribution is 7.12. The van der Waals surface area contributed by atoms with Crippen LogP contribution in [-0.4, -0.2) is 47.9 Å². The monoisotopic (exact) mass is 491 g/mol. The number of primary amides is 1. The number of carbonyl (C=O) groups excluding carboxylic acids is 3. The Kier molecular flexibility index (Phi) is 7.66. The van der Waals surface area contributed by atoms with Gasteiger partial charge in [0, 0.05) is 29.2 Å². The molecule has 1 aliphatic heterocycles. The fraction of sp³-hybridized carbons (Fsp3) is 0.480. The smallest absolute Gasteiger partial charge is 0.312 e. The van der Waals surface area contributed by atoms with Crippen molar-refractivity contribution in [2.45, 2.75) is 58.6 Å². The van der Waals surface area contributed by atoms with E-state index in [-0.39, 0.29) is 24.6 Å². The predicted molar refractivity (Wildman–Crippen MR) is 130 cm³/mol. The molecular formula is C25H32ClN2O4S+. The third-order valence-corrected chi connectivity index (χ3v) is 7.25. The quantitative estimate of drug-likeness (QED) is 0.445. The van der Waals surface area contributed by atoms with Gasteiger partial charge in [-0.2, -0.15) is 0 Å². The van der Waals surface area contributed by atoms with Gasteiger partial charge in [-0.3, -0.25) is 14.4 Å². The first kappa shape index (κ1) is 25.4. The van der Waals surface area contributed by atoms with Gasteiger partial charge in [0.1, 0.15) is 17.9 Å². The van der Waals surface area contributed by atoms with E-state index in [1.807, 2.05) is 32.9 Å². The number of carbonyl (C=O) groups is 3. The minimum absolute atomic E-state index is 0.0283. The zero-order valence-corrected chi connectivity index (χ0v) is 21.3. The maximum Gasteiger partial charge on any atom is 0.312 e. The first-order valence-corrected chi connectivity index (χ1v) is 12.3. The molecule has 1 aliphatic rings. The molecule has 6 nitrogen and oxygen atoms in total. The van der Waals surface area contributed by atoms with Gasteiger partial charge in [0.2, 0.25) is 5.91 Å². The second-order valence-electron chi connectivity index (χ2n) is 10.00. The third kappa shape index (κ3) is 6.88. The number of rotatable bonds is 8. The first-order valence-electron chi connectivity index (χ1n) is 11.1. The minimum atomic E-state index is -0.498. The standard InChI is InChI=1S/C25H31ClN2O4S/c1-25(2,3)32-22(30)10-12-28(4)11-9-19-21(15-28)33-20(23(19)24(27)31)14-18(29)13-16-5-7-17(26)8-6-16/h5-8H,9-15H2,1-4H3,(H-,27,31)/p+1. The van der Waals surface area contributed by atoms with E-state index < -0.39 is 11.5 Å². The van der Waals surface area contributed by atoms with E-state index in [2.05, 4.69) is 7.05 Å². The van der Waals surface area contributed by atoms with E-state index in [0.717, 1.165) is 27.4 Å². The molecule has 1 amide bonds. The number of thiophene rings is 1. The lowest BCUT2D eigenvalue weighted by Gasteiger charge is -2.37. The van der Waals surface area contributed by atoms with Gasteiger partial charge in [-0.1, -0.05) is 23.7 Å². The molecule has 2 aromatic rings. The van der Waals surface area contributed by atoms with Crippen molar-refractivity contribution in [3.8, 4) is 0 Å². The van der Waals surface area contributed by atoms with Crippen molar-refractivity contribution >= 4 is 40.6 Å². The normalized spacial score (nSPS) is 18.0.